The average molecular weight is 279 g/mol. The van der Waals surface area contributed by atoms with Crippen LogP contribution >= 0.6 is 11.6 Å². The van der Waals surface area contributed by atoms with Crippen LogP contribution in [0, 0.1) is 26.9 Å². The van der Waals surface area contributed by atoms with Gasteiger partial charge in [-0.2, -0.15) is 5.26 Å². The number of rotatable bonds is 3. The summed E-state index contributed by atoms with van der Waals surface area (Å²) in [5, 5.41) is 20.5. The summed E-state index contributed by atoms with van der Waals surface area (Å²) in [4.78, 5) is 22.4. The first-order valence-electron chi connectivity index (χ1n) is 5.86. The molecule has 0 saturated heterocycles. The molecule has 0 aromatic heterocycles. The highest BCUT2D eigenvalue weighted by molar-refractivity contribution is 6.31. The standard InChI is InChI=1S/C13H11ClN2O3/c14-10-3-1-4-11(16(18)19)9(10)7-13(8-15)6-2-5-12(13)17/h1,3-4H,2,5-7H2. The molecule has 0 heterocycles. The molecule has 1 fully saturated rings. The van der Waals surface area contributed by atoms with E-state index >= 15 is 0 Å². The molecule has 0 amide bonds. The van der Waals surface area contributed by atoms with Gasteiger partial charge in [0.25, 0.3) is 5.69 Å². The lowest BCUT2D eigenvalue weighted by Gasteiger charge is -2.19. The van der Waals surface area contributed by atoms with Crippen LogP contribution < -0.4 is 0 Å². The number of Topliss-reactive ketones (excluding diaryl/α,β-unsaturated/α-hetero) is 1. The van der Waals surface area contributed by atoms with Crippen molar-refractivity contribution in [2.24, 2.45) is 5.41 Å². The number of nitro groups is 1. The summed E-state index contributed by atoms with van der Waals surface area (Å²) in [7, 11) is 0. The summed E-state index contributed by atoms with van der Waals surface area (Å²) in [6.07, 6.45) is 1.44. The normalized spacial score (nSPS) is 22.2. The largest absolute Gasteiger partial charge is 0.298 e. The van der Waals surface area contributed by atoms with Gasteiger partial charge < -0.3 is 0 Å². The highest BCUT2D eigenvalue weighted by Gasteiger charge is 2.44. The Bertz CT molecular complexity index is 594. The Morgan fingerprint density at radius 2 is 2.26 bits per heavy atom. The van der Waals surface area contributed by atoms with Crippen molar-refractivity contribution in [3.05, 3.63) is 38.9 Å². The topological polar surface area (TPSA) is 84.0 Å². The van der Waals surface area contributed by atoms with Crippen LogP contribution in [0.3, 0.4) is 0 Å². The van der Waals surface area contributed by atoms with Crippen molar-refractivity contribution < 1.29 is 9.72 Å². The first kappa shape index (κ1) is 13.5. The van der Waals surface area contributed by atoms with Gasteiger partial charge in [-0.25, -0.2) is 0 Å². The van der Waals surface area contributed by atoms with Gasteiger partial charge in [0.15, 0.2) is 5.78 Å². The third kappa shape index (κ3) is 2.32. The first-order chi connectivity index (χ1) is 9.00. The second kappa shape index (κ2) is 4.98. The van der Waals surface area contributed by atoms with Gasteiger partial charge in [-0.3, -0.25) is 14.9 Å². The van der Waals surface area contributed by atoms with Gasteiger partial charge in [-0.1, -0.05) is 17.7 Å². The van der Waals surface area contributed by atoms with Gasteiger partial charge in [0.05, 0.1) is 21.6 Å². The number of hydrogen-bond acceptors (Lipinski definition) is 4. The van der Waals surface area contributed by atoms with Gasteiger partial charge >= 0.3 is 0 Å². The van der Waals surface area contributed by atoms with Gasteiger partial charge in [-0.05, 0) is 18.9 Å². The van der Waals surface area contributed by atoms with Crippen molar-refractivity contribution in [3.8, 4) is 6.07 Å². The molecule has 0 bridgehead atoms. The van der Waals surface area contributed by atoms with Crippen LogP contribution in [0.15, 0.2) is 18.2 Å². The maximum Gasteiger partial charge on any atom is 0.274 e. The van der Waals surface area contributed by atoms with Crippen LogP contribution in [0.1, 0.15) is 24.8 Å². The Kier molecular flexibility index (Phi) is 3.54. The van der Waals surface area contributed by atoms with Crippen LogP contribution in [-0.2, 0) is 11.2 Å². The Balaban J connectivity index is 2.46. The first-order valence-corrected chi connectivity index (χ1v) is 6.24. The predicted molar refractivity (Wildman–Crippen MR) is 68.7 cm³/mol. The van der Waals surface area contributed by atoms with Crippen molar-refractivity contribution in [1.82, 2.24) is 0 Å². The van der Waals surface area contributed by atoms with Crippen LogP contribution in [0.2, 0.25) is 5.02 Å². The molecular formula is C13H11ClN2O3. The fraction of sp³-hybridized carbons (Fsp3) is 0.385. The third-order valence-electron chi connectivity index (χ3n) is 3.52. The van der Waals surface area contributed by atoms with E-state index in [-0.39, 0.29) is 28.5 Å². The van der Waals surface area contributed by atoms with Crippen molar-refractivity contribution >= 4 is 23.1 Å². The van der Waals surface area contributed by atoms with Crippen LogP contribution in [0.25, 0.3) is 0 Å². The number of carbonyl (C=O) groups is 1. The minimum Gasteiger partial charge on any atom is -0.298 e. The molecular weight excluding hydrogens is 268 g/mol. The van der Waals surface area contributed by atoms with E-state index in [9.17, 15) is 20.2 Å². The van der Waals surface area contributed by atoms with E-state index in [1.54, 1.807) is 0 Å². The number of benzene rings is 1. The molecule has 1 aliphatic carbocycles. The Morgan fingerprint density at radius 1 is 1.53 bits per heavy atom. The van der Waals surface area contributed by atoms with Crippen LogP contribution in [0.5, 0.6) is 0 Å². The zero-order valence-corrected chi connectivity index (χ0v) is 10.8. The maximum absolute atomic E-state index is 11.9. The smallest absolute Gasteiger partial charge is 0.274 e. The van der Waals surface area contributed by atoms with E-state index in [0.29, 0.717) is 19.3 Å². The molecule has 1 unspecified atom stereocenters. The number of halogens is 1. The van der Waals surface area contributed by atoms with E-state index in [1.807, 2.05) is 6.07 Å². The number of nitro benzene ring substituents is 1. The molecule has 6 heteroatoms. The molecule has 0 spiro atoms. The van der Waals surface area contributed by atoms with E-state index < -0.39 is 10.3 Å². The zero-order chi connectivity index (χ0) is 14.0. The van der Waals surface area contributed by atoms with E-state index in [0.717, 1.165) is 0 Å². The molecule has 1 atom stereocenters. The van der Waals surface area contributed by atoms with Crippen molar-refractivity contribution in [2.75, 3.05) is 0 Å². The monoisotopic (exact) mass is 278 g/mol. The molecule has 1 aromatic carbocycles. The van der Waals surface area contributed by atoms with E-state index in [4.69, 9.17) is 11.6 Å². The number of nitriles is 1. The van der Waals surface area contributed by atoms with Gasteiger partial charge in [0, 0.05) is 18.9 Å². The quantitative estimate of drug-likeness (QED) is 0.628. The molecule has 1 saturated carbocycles. The van der Waals surface area contributed by atoms with E-state index in [2.05, 4.69) is 0 Å². The van der Waals surface area contributed by atoms with Gasteiger partial charge in [-0.15, -0.1) is 0 Å². The number of nitrogens with zero attached hydrogens (tertiary/aromatic N) is 2. The van der Waals surface area contributed by atoms with Crippen molar-refractivity contribution in [1.29, 1.82) is 5.26 Å². The minimum atomic E-state index is -1.16. The zero-order valence-electron chi connectivity index (χ0n) is 10.1. The highest BCUT2D eigenvalue weighted by atomic mass is 35.5. The third-order valence-corrected chi connectivity index (χ3v) is 3.88. The number of ketones is 1. The predicted octanol–water partition coefficient (Wildman–Crippen LogP) is 3.05. The van der Waals surface area contributed by atoms with E-state index in [1.165, 1.54) is 18.2 Å². The van der Waals surface area contributed by atoms with Gasteiger partial charge in [0.2, 0.25) is 0 Å². The SMILES string of the molecule is N#CC1(Cc2c(Cl)cccc2[N+](=O)[O-])CCCC1=O. The summed E-state index contributed by atoms with van der Waals surface area (Å²) < 4.78 is 0. The lowest BCUT2D eigenvalue weighted by molar-refractivity contribution is -0.385. The molecule has 5 nitrogen and oxygen atoms in total. The fourth-order valence-electron chi connectivity index (χ4n) is 2.47. The average Bonchev–Trinajstić information content (AvgIpc) is 2.73. The second-order valence-corrected chi connectivity index (χ2v) is 5.05. The lowest BCUT2D eigenvalue weighted by atomic mass is 9.80. The fourth-order valence-corrected chi connectivity index (χ4v) is 2.71. The Labute approximate surface area is 114 Å². The number of carbonyl (C=O) groups excluding carboxylic acids is 1. The number of hydrogen-bond donors (Lipinski definition) is 0. The minimum absolute atomic E-state index is 0.0122. The summed E-state index contributed by atoms with van der Waals surface area (Å²) in [6, 6.07) is 6.40. The molecule has 1 aromatic rings. The van der Waals surface area contributed by atoms with Crippen LogP contribution in [-0.4, -0.2) is 10.7 Å². The molecule has 1 aliphatic rings. The summed E-state index contributed by atoms with van der Waals surface area (Å²) >= 11 is 5.99. The lowest BCUT2D eigenvalue weighted by Crippen LogP contribution is -2.27. The summed E-state index contributed by atoms with van der Waals surface area (Å²) in [6.45, 7) is 0. The molecule has 19 heavy (non-hydrogen) atoms. The Morgan fingerprint density at radius 3 is 2.79 bits per heavy atom. The summed E-state index contributed by atoms with van der Waals surface area (Å²) in [5.41, 5.74) is -1.02. The second-order valence-electron chi connectivity index (χ2n) is 4.64. The summed E-state index contributed by atoms with van der Waals surface area (Å²) in [5.74, 6) is -0.149. The maximum atomic E-state index is 11.9. The van der Waals surface area contributed by atoms with Crippen molar-refractivity contribution in [3.63, 3.8) is 0 Å². The van der Waals surface area contributed by atoms with Crippen LogP contribution in [0.4, 0.5) is 5.69 Å². The molecule has 2 rings (SSSR count). The molecule has 98 valence electrons. The van der Waals surface area contributed by atoms with Crippen molar-refractivity contribution in [2.45, 2.75) is 25.7 Å². The Hall–Kier alpha value is -1.93. The molecule has 0 aliphatic heterocycles. The highest BCUT2D eigenvalue weighted by Crippen LogP contribution is 2.41. The molecule has 0 radical (unpaired) electrons. The van der Waals surface area contributed by atoms with Gasteiger partial charge in [0.1, 0.15) is 5.41 Å². The molecule has 0 N–H and O–H groups in total.